The summed E-state index contributed by atoms with van der Waals surface area (Å²) in [7, 11) is 0. The number of halogens is 3. The Balaban J connectivity index is 0.000000168. The lowest BCUT2D eigenvalue weighted by Crippen LogP contribution is -2.38. The van der Waals surface area contributed by atoms with E-state index in [1.54, 1.807) is 0 Å². The predicted octanol–water partition coefficient (Wildman–Crippen LogP) is -0.145. The maximum Gasteiger partial charge on any atom is 0.490 e. The fourth-order valence-corrected chi connectivity index (χ4v) is 1.54. The van der Waals surface area contributed by atoms with Gasteiger partial charge in [-0.2, -0.15) is 13.2 Å². The minimum absolute atomic E-state index is 0.0197. The van der Waals surface area contributed by atoms with Gasteiger partial charge < -0.3 is 16.2 Å². The second kappa shape index (κ2) is 4.28. The number of fused-ring (bicyclic) bond motifs is 1. The van der Waals surface area contributed by atoms with E-state index in [0.717, 1.165) is 12.3 Å². The van der Waals surface area contributed by atoms with Crippen LogP contribution in [0.15, 0.2) is 0 Å². The zero-order chi connectivity index (χ0) is 12.5. The molecular weight excluding hydrogens is 229 g/mol. The quantitative estimate of drug-likeness (QED) is 0.594. The van der Waals surface area contributed by atoms with Crippen LogP contribution in [0.5, 0.6) is 0 Å². The smallest absolute Gasteiger partial charge is 0.475 e. The molecule has 0 aromatic rings. The largest absolute Gasteiger partial charge is 0.490 e. The number of nitrogens with two attached hydrogens (primary N) is 1. The summed E-state index contributed by atoms with van der Waals surface area (Å²) in [6.45, 7) is 0. The summed E-state index contributed by atoms with van der Waals surface area (Å²) in [6, 6.07) is 0.608. The van der Waals surface area contributed by atoms with Crippen molar-refractivity contribution >= 4 is 11.9 Å². The van der Waals surface area contributed by atoms with Gasteiger partial charge in [0.25, 0.3) is 0 Å². The first-order chi connectivity index (χ1) is 7.21. The van der Waals surface area contributed by atoms with E-state index in [1.807, 2.05) is 0 Å². The summed E-state index contributed by atoms with van der Waals surface area (Å²) in [5, 5.41) is 10.3. The third-order valence-corrected chi connectivity index (χ3v) is 2.46. The van der Waals surface area contributed by atoms with Crippen molar-refractivity contribution in [1.29, 1.82) is 0 Å². The first-order valence-corrected chi connectivity index (χ1v) is 4.57. The topological polar surface area (TPSA) is 92.4 Å². The molecule has 0 aromatic heterocycles. The monoisotopic (exact) mass is 240 g/mol. The number of carboxylic acids is 1. The van der Waals surface area contributed by atoms with Gasteiger partial charge in [0, 0.05) is 6.04 Å². The van der Waals surface area contributed by atoms with Gasteiger partial charge in [-0.3, -0.25) is 4.79 Å². The number of carboxylic acid groups (broad SMARTS) is 1. The number of rotatable bonds is 1. The Morgan fingerprint density at radius 2 is 1.81 bits per heavy atom. The summed E-state index contributed by atoms with van der Waals surface area (Å²) in [6.07, 6.45) is -2.86. The Bertz CT molecular complexity index is 295. The van der Waals surface area contributed by atoms with E-state index < -0.39 is 12.1 Å². The molecule has 1 amide bonds. The van der Waals surface area contributed by atoms with Crippen LogP contribution >= 0.6 is 0 Å². The third kappa shape index (κ3) is 3.37. The van der Waals surface area contributed by atoms with Gasteiger partial charge in [-0.05, 0) is 18.8 Å². The number of hydrogen-bond donors (Lipinski definition) is 3. The van der Waals surface area contributed by atoms with Crippen molar-refractivity contribution in [3.8, 4) is 0 Å². The zero-order valence-corrected chi connectivity index (χ0v) is 8.12. The molecule has 1 aliphatic heterocycles. The SMILES string of the molecule is NC(=O)C1CC2CC2N1.O=C(O)C(F)(F)F. The van der Waals surface area contributed by atoms with Crippen molar-refractivity contribution < 1.29 is 27.9 Å². The van der Waals surface area contributed by atoms with E-state index in [4.69, 9.17) is 15.6 Å². The number of alkyl halides is 3. The highest BCUT2D eigenvalue weighted by Crippen LogP contribution is 2.40. The van der Waals surface area contributed by atoms with Gasteiger partial charge >= 0.3 is 12.1 Å². The van der Waals surface area contributed by atoms with Crippen LogP contribution in [0.3, 0.4) is 0 Å². The average molecular weight is 240 g/mol. The summed E-state index contributed by atoms with van der Waals surface area (Å²) in [5.74, 6) is -2.18. The summed E-state index contributed by atoms with van der Waals surface area (Å²) < 4.78 is 31.7. The maximum atomic E-state index is 10.6. The van der Waals surface area contributed by atoms with Gasteiger partial charge in [0.1, 0.15) is 0 Å². The Morgan fingerprint density at radius 1 is 1.31 bits per heavy atom. The van der Waals surface area contributed by atoms with Gasteiger partial charge in [-0.25, -0.2) is 4.79 Å². The van der Waals surface area contributed by atoms with E-state index in [1.165, 1.54) is 6.42 Å². The molecule has 1 aliphatic carbocycles. The van der Waals surface area contributed by atoms with Crippen LogP contribution in [0.4, 0.5) is 13.2 Å². The predicted molar refractivity (Wildman–Crippen MR) is 46.3 cm³/mol. The van der Waals surface area contributed by atoms with E-state index in [9.17, 15) is 18.0 Å². The molecule has 5 nitrogen and oxygen atoms in total. The first kappa shape index (κ1) is 12.8. The van der Waals surface area contributed by atoms with Crippen LogP contribution in [-0.2, 0) is 9.59 Å². The number of amides is 1. The minimum atomic E-state index is -5.08. The molecule has 2 fully saturated rings. The zero-order valence-electron chi connectivity index (χ0n) is 8.12. The average Bonchev–Trinajstić information content (AvgIpc) is 2.72. The second-order valence-corrected chi connectivity index (χ2v) is 3.76. The van der Waals surface area contributed by atoms with Crippen molar-refractivity contribution in [1.82, 2.24) is 5.32 Å². The molecule has 3 unspecified atom stereocenters. The molecule has 0 aromatic carbocycles. The van der Waals surface area contributed by atoms with Gasteiger partial charge in [0.2, 0.25) is 5.91 Å². The summed E-state index contributed by atoms with van der Waals surface area (Å²) >= 11 is 0. The second-order valence-electron chi connectivity index (χ2n) is 3.76. The fraction of sp³-hybridized carbons (Fsp3) is 0.750. The van der Waals surface area contributed by atoms with Crippen LogP contribution in [0.2, 0.25) is 0 Å². The first-order valence-electron chi connectivity index (χ1n) is 4.57. The molecule has 8 heteroatoms. The maximum absolute atomic E-state index is 10.6. The van der Waals surface area contributed by atoms with Crippen LogP contribution < -0.4 is 11.1 Å². The number of piperidine rings is 1. The third-order valence-electron chi connectivity index (χ3n) is 2.46. The van der Waals surface area contributed by atoms with Crippen molar-refractivity contribution in [3.05, 3.63) is 0 Å². The molecule has 2 aliphatic rings. The molecule has 0 radical (unpaired) electrons. The fourth-order valence-electron chi connectivity index (χ4n) is 1.54. The van der Waals surface area contributed by atoms with Crippen molar-refractivity contribution in [3.63, 3.8) is 0 Å². The molecule has 0 spiro atoms. The van der Waals surface area contributed by atoms with E-state index in [-0.39, 0.29) is 11.9 Å². The lowest BCUT2D eigenvalue weighted by atomic mass is 10.2. The molecule has 1 saturated carbocycles. The van der Waals surface area contributed by atoms with E-state index >= 15 is 0 Å². The minimum Gasteiger partial charge on any atom is -0.475 e. The van der Waals surface area contributed by atoms with Crippen molar-refractivity contribution in [2.24, 2.45) is 11.7 Å². The van der Waals surface area contributed by atoms with Crippen molar-refractivity contribution in [2.75, 3.05) is 0 Å². The molecule has 1 saturated heterocycles. The summed E-state index contributed by atoms with van der Waals surface area (Å²) in [5.41, 5.74) is 5.08. The van der Waals surface area contributed by atoms with E-state index in [2.05, 4.69) is 5.32 Å². The number of primary amides is 1. The molecule has 3 atom stereocenters. The van der Waals surface area contributed by atoms with E-state index in [0.29, 0.717) is 6.04 Å². The Morgan fingerprint density at radius 3 is 2.00 bits per heavy atom. The van der Waals surface area contributed by atoms with Gasteiger partial charge in [-0.15, -0.1) is 0 Å². The lowest BCUT2D eigenvalue weighted by Gasteiger charge is -2.06. The van der Waals surface area contributed by atoms with Gasteiger partial charge in [0.05, 0.1) is 6.04 Å². The highest BCUT2D eigenvalue weighted by molar-refractivity contribution is 5.80. The van der Waals surface area contributed by atoms with Crippen molar-refractivity contribution in [2.45, 2.75) is 31.1 Å². The van der Waals surface area contributed by atoms with Gasteiger partial charge in [-0.1, -0.05) is 0 Å². The molecule has 92 valence electrons. The Kier molecular flexibility index (Phi) is 3.41. The molecule has 4 N–H and O–H groups in total. The standard InChI is InChI=1S/C6H10N2O.C2HF3O2/c7-6(9)5-2-3-1-4(3)8-5;3-2(4,5)1(6)7/h3-5,8H,1-2H2,(H2,7,9);(H,6,7). The highest BCUT2D eigenvalue weighted by Gasteiger charge is 2.47. The number of carbonyl (C=O) groups is 2. The number of carbonyl (C=O) groups excluding carboxylic acids is 1. The Labute approximate surface area is 88.8 Å². The Hall–Kier alpha value is -1.31. The highest BCUT2D eigenvalue weighted by atomic mass is 19.4. The molecule has 0 bridgehead atoms. The van der Waals surface area contributed by atoms with Crippen LogP contribution in [0, 0.1) is 5.92 Å². The molecule has 16 heavy (non-hydrogen) atoms. The molecular formula is C8H11F3N2O3. The van der Waals surface area contributed by atoms with Crippen LogP contribution in [0.25, 0.3) is 0 Å². The number of hydrogen-bond acceptors (Lipinski definition) is 3. The normalized spacial score (nSPS) is 31.1. The van der Waals surface area contributed by atoms with Gasteiger partial charge in [0.15, 0.2) is 0 Å². The number of nitrogens with one attached hydrogen (secondary N) is 1. The van der Waals surface area contributed by atoms with Crippen LogP contribution in [-0.4, -0.2) is 35.2 Å². The molecule has 1 heterocycles. The molecule has 2 rings (SSSR count). The lowest BCUT2D eigenvalue weighted by molar-refractivity contribution is -0.192. The summed E-state index contributed by atoms with van der Waals surface area (Å²) in [4.78, 5) is 19.4. The van der Waals surface area contributed by atoms with Crippen LogP contribution in [0.1, 0.15) is 12.8 Å². The number of aliphatic carboxylic acids is 1.